The molecule has 306 valence electrons. The molecule has 0 unspecified atom stereocenters. The first kappa shape index (κ1) is 41.7. The average Bonchev–Trinajstić information content (AvgIpc) is 3.90. The number of carbonyl (C=O) groups is 2. The molecule has 7 rings (SSSR count). The number of aromatic nitrogens is 2. The van der Waals surface area contributed by atoms with Crippen molar-refractivity contribution in [3.05, 3.63) is 149 Å². The van der Waals surface area contributed by atoms with Gasteiger partial charge in [0.05, 0.1) is 53.1 Å². The Balaban J connectivity index is 0.000000234. The summed E-state index contributed by atoms with van der Waals surface area (Å²) in [6, 6.07) is 21.5. The number of nitrogens with zero attached hydrogens (tertiary/aromatic N) is 4. The van der Waals surface area contributed by atoms with Gasteiger partial charge in [-0.05, 0) is 96.6 Å². The Kier molecular flexibility index (Phi) is 12.2. The smallest absolute Gasteiger partial charge is 0.335 e. The second-order valence-electron chi connectivity index (χ2n) is 14.8. The third kappa shape index (κ3) is 10.1. The zero-order chi connectivity index (χ0) is 42.5. The van der Waals surface area contributed by atoms with E-state index < -0.39 is 16.0 Å². The molecule has 0 spiro atoms. The fourth-order valence-corrected chi connectivity index (χ4v) is 6.63. The quantitative estimate of drug-likeness (QED) is 0.0857. The van der Waals surface area contributed by atoms with Crippen LogP contribution in [0.15, 0.2) is 110 Å². The lowest BCUT2D eigenvalue weighted by molar-refractivity contribution is 0.0696. The molecule has 2 aliphatic rings. The van der Waals surface area contributed by atoms with Gasteiger partial charge in [0.15, 0.2) is 5.75 Å². The van der Waals surface area contributed by atoms with Crippen LogP contribution in [0.3, 0.4) is 0 Å². The molecule has 0 atom stereocenters. The van der Waals surface area contributed by atoms with Crippen LogP contribution in [0.5, 0.6) is 5.75 Å². The van der Waals surface area contributed by atoms with E-state index in [0.29, 0.717) is 11.3 Å². The van der Waals surface area contributed by atoms with Gasteiger partial charge in [-0.3, -0.25) is 29.5 Å². The normalized spacial score (nSPS) is 13.6. The summed E-state index contributed by atoms with van der Waals surface area (Å²) in [5.74, 6) is -1.09. The van der Waals surface area contributed by atoms with Gasteiger partial charge in [0.25, 0.3) is 5.91 Å². The van der Waals surface area contributed by atoms with Crippen LogP contribution in [0, 0.1) is 13.8 Å². The highest BCUT2D eigenvalue weighted by Gasteiger charge is 2.24. The Bertz CT molecular complexity index is 2540. The summed E-state index contributed by atoms with van der Waals surface area (Å²) in [7, 11) is -2.16. The lowest BCUT2D eigenvalue weighted by Crippen LogP contribution is -2.36. The second-order valence-corrected chi connectivity index (χ2v) is 16.5. The van der Waals surface area contributed by atoms with Gasteiger partial charge in [-0.25, -0.2) is 13.2 Å². The van der Waals surface area contributed by atoms with Gasteiger partial charge >= 0.3 is 5.97 Å². The molecule has 0 aliphatic carbocycles. The fraction of sp³-hybridized carbons (Fsp3) is 0.190. The minimum Gasteiger partial charge on any atom is -0.492 e. The molecular weight excluding hydrogens is 773 g/mol. The maximum atomic E-state index is 13.4. The predicted molar refractivity (Wildman–Crippen MR) is 229 cm³/mol. The average molecular weight is 819 g/mol. The van der Waals surface area contributed by atoms with Gasteiger partial charge in [-0.1, -0.05) is 32.9 Å². The first-order valence-corrected chi connectivity index (χ1v) is 20.2. The summed E-state index contributed by atoms with van der Waals surface area (Å²) in [6.07, 6.45) is 11.8. The fourth-order valence-electron chi connectivity index (χ4n) is 6.08. The summed E-state index contributed by atoms with van der Waals surface area (Å²) in [5.41, 5.74) is 21.1. The number of ether oxygens (including phenoxy) is 1. The highest BCUT2D eigenvalue weighted by Crippen LogP contribution is 2.39. The zero-order valence-corrected chi connectivity index (χ0v) is 34.4. The molecule has 0 saturated heterocycles. The number of amides is 1. The molecule has 0 saturated carbocycles. The van der Waals surface area contributed by atoms with E-state index in [4.69, 9.17) is 9.84 Å². The van der Waals surface area contributed by atoms with E-state index in [1.54, 1.807) is 77.3 Å². The highest BCUT2D eigenvalue weighted by atomic mass is 32.2. The van der Waals surface area contributed by atoms with E-state index in [-0.39, 0.29) is 28.3 Å². The van der Waals surface area contributed by atoms with Crippen LogP contribution in [0.4, 0.5) is 22.7 Å². The van der Waals surface area contributed by atoms with Crippen molar-refractivity contribution in [3.8, 4) is 5.75 Å². The van der Waals surface area contributed by atoms with E-state index >= 15 is 0 Å². The third-order valence-corrected chi connectivity index (χ3v) is 9.82. The summed E-state index contributed by atoms with van der Waals surface area (Å²) in [5, 5.41) is 15.6. The number of pyridine rings is 2. The number of methoxy groups -OCH3 is 1. The minimum atomic E-state index is -3.58. The molecule has 59 heavy (non-hydrogen) atoms. The van der Waals surface area contributed by atoms with E-state index in [0.717, 1.165) is 56.8 Å². The molecule has 16 nitrogen and oxygen atoms in total. The van der Waals surface area contributed by atoms with Crippen LogP contribution in [0.25, 0.3) is 11.4 Å². The minimum absolute atomic E-state index is 0.221. The van der Waals surface area contributed by atoms with Crippen LogP contribution < -0.4 is 46.7 Å². The molecule has 1 amide bonds. The van der Waals surface area contributed by atoms with Crippen molar-refractivity contribution in [1.82, 2.24) is 31.9 Å². The molecule has 17 heteroatoms. The maximum absolute atomic E-state index is 13.4. The van der Waals surface area contributed by atoms with Crippen molar-refractivity contribution in [2.75, 3.05) is 33.4 Å². The Morgan fingerprint density at radius 3 is 1.73 bits per heavy atom. The second kappa shape index (κ2) is 17.3. The van der Waals surface area contributed by atoms with Gasteiger partial charge in [-0.15, -0.1) is 11.1 Å². The van der Waals surface area contributed by atoms with Gasteiger partial charge in [0, 0.05) is 53.9 Å². The van der Waals surface area contributed by atoms with Crippen LogP contribution in [0.1, 0.15) is 69.3 Å². The van der Waals surface area contributed by atoms with Crippen LogP contribution in [-0.2, 0) is 15.4 Å². The zero-order valence-electron chi connectivity index (χ0n) is 33.6. The van der Waals surface area contributed by atoms with E-state index in [1.165, 1.54) is 7.11 Å². The van der Waals surface area contributed by atoms with Crippen LogP contribution in [0.2, 0.25) is 0 Å². The molecule has 2 aromatic heterocycles. The van der Waals surface area contributed by atoms with E-state index in [1.807, 2.05) is 77.4 Å². The molecule has 4 heterocycles. The van der Waals surface area contributed by atoms with Crippen molar-refractivity contribution in [3.63, 3.8) is 0 Å². The summed E-state index contributed by atoms with van der Waals surface area (Å²) in [6.45, 7) is 9.88. The number of aromatic carboxylic acids is 1. The predicted octanol–water partition coefficient (Wildman–Crippen LogP) is 6.06. The first-order chi connectivity index (χ1) is 28.0. The number of hydrogen-bond acceptors (Lipinski definition) is 13. The van der Waals surface area contributed by atoms with Crippen LogP contribution in [-0.4, -0.2) is 48.7 Å². The van der Waals surface area contributed by atoms with Crippen molar-refractivity contribution in [2.45, 2.75) is 40.0 Å². The molecule has 3 aromatic carbocycles. The number of rotatable bonds is 10. The number of aryl methyl sites for hydroxylation is 2. The lowest BCUT2D eigenvalue weighted by atomic mass is 9.86. The van der Waals surface area contributed by atoms with Gasteiger partial charge in [0.2, 0.25) is 10.0 Å². The number of carboxylic acids is 1. The molecular formula is C42H46N10O6S. The molecule has 5 aromatic rings. The number of benzene rings is 3. The number of carbonyl (C=O) groups excluding carboxylic acids is 1. The Morgan fingerprint density at radius 1 is 0.763 bits per heavy atom. The molecule has 2 aliphatic heterocycles. The van der Waals surface area contributed by atoms with Gasteiger partial charge < -0.3 is 26.0 Å². The molecule has 0 radical (unpaired) electrons. The van der Waals surface area contributed by atoms with Crippen LogP contribution >= 0.6 is 0 Å². The lowest BCUT2D eigenvalue weighted by Gasteiger charge is -2.24. The topological polar surface area (TPSA) is 202 Å². The van der Waals surface area contributed by atoms with Crippen molar-refractivity contribution in [1.29, 1.82) is 0 Å². The SMILES string of the molecule is COc1c(NC(=O)c2ccc(C)c(N3C=C(c4cccnc4)NN3)c2)cc(C(C)(C)C)cc1NS(C)(=O)=O.Cc1ccc(C(=O)O)cc1N1C=C(c2cccnc2)NN1. The summed E-state index contributed by atoms with van der Waals surface area (Å²) < 4.78 is 32.1. The molecule has 7 N–H and O–H groups in total. The number of carboxylic acid groups (broad SMARTS) is 1. The standard InChI is InChI=1S/C27H32N6O4S.C15H14N4O2/c1-17-9-10-18(12-24(17)33-16-23(30-32-33)19-8-7-11-28-15-19)26(34)29-21-13-20(27(2,3)4)14-22(25(21)37-5)31-38(6,35)36;1-10-4-5-11(15(20)21)7-14(10)19-9-13(17-18-19)12-3-2-6-16-8-12/h7-16,30-32H,1-6H3,(H,29,34);2-9,17-18H,1H3,(H,20,21). The number of hydrazine groups is 4. The highest BCUT2D eigenvalue weighted by molar-refractivity contribution is 7.92. The number of sulfonamides is 1. The third-order valence-electron chi connectivity index (χ3n) is 9.23. The molecule has 0 fully saturated rings. The Hall–Kier alpha value is -6.95. The van der Waals surface area contributed by atoms with Crippen molar-refractivity contribution >= 4 is 56.0 Å². The summed E-state index contributed by atoms with van der Waals surface area (Å²) in [4.78, 5) is 32.7. The number of nitrogens with one attached hydrogen (secondary N) is 6. The summed E-state index contributed by atoms with van der Waals surface area (Å²) >= 11 is 0. The van der Waals surface area contributed by atoms with E-state index in [9.17, 15) is 18.0 Å². The number of anilines is 4. The monoisotopic (exact) mass is 818 g/mol. The molecule has 0 bridgehead atoms. The van der Waals surface area contributed by atoms with Gasteiger partial charge in [-0.2, -0.15) is 0 Å². The maximum Gasteiger partial charge on any atom is 0.335 e. The van der Waals surface area contributed by atoms with Gasteiger partial charge in [0.1, 0.15) is 0 Å². The Labute approximate surface area is 343 Å². The van der Waals surface area contributed by atoms with Crippen molar-refractivity contribution < 1.29 is 27.9 Å². The Morgan fingerprint density at radius 2 is 1.27 bits per heavy atom. The largest absolute Gasteiger partial charge is 0.492 e. The van der Waals surface area contributed by atoms with E-state index in [2.05, 4.69) is 41.9 Å². The van der Waals surface area contributed by atoms with Crippen molar-refractivity contribution in [2.24, 2.45) is 0 Å². The number of hydrogen-bond donors (Lipinski definition) is 7. The first-order valence-electron chi connectivity index (χ1n) is 18.3.